The van der Waals surface area contributed by atoms with Crippen molar-refractivity contribution < 1.29 is 26.1 Å². The zero-order chi connectivity index (χ0) is 14.4. The monoisotopic (exact) mass is 278 g/mol. The molecule has 0 unspecified atom stereocenters. The van der Waals surface area contributed by atoms with Crippen LogP contribution in [0.3, 0.4) is 0 Å². The normalized spacial score (nSPS) is 10.6. The molecule has 1 aromatic rings. The molecule has 0 amide bonds. The predicted octanol–water partition coefficient (Wildman–Crippen LogP) is 1.82. The van der Waals surface area contributed by atoms with Gasteiger partial charge in [-0.2, -0.15) is 32.1 Å². The molecule has 9 heteroatoms. The van der Waals surface area contributed by atoms with E-state index in [9.17, 15) is 13.2 Å². The third-order valence-corrected chi connectivity index (χ3v) is 2.05. The lowest BCUT2D eigenvalue weighted by molar-refractivity contribution is -0.0510. The minimum Gasteiger partial charge on any atom is -0.279 e. The molecule has 0 aliphatic heterocycles. The summed E-state index contributed by atoms with van der Waals surface area (Å²) in [5, 5.41) is 16.9. The Morgan fingerprint density at radius 3 is 1.50 bits per heavy atom. The molecule has 0 saturated heterocycles. The molecule has 5 nitrogen and oxygen atoms in total. The average Bonchev–Trinajstić information content (AvgIpc) is 2.27. The number of hydrogen-bond donors (Lipinski definition) is 1. The number of alkyl halides is 3. The van der Waals surface area contributed by atoms with E-state index in [2.05, 4.69) is 0 Å². The molecule has 0 radical (unpaired) electrons. The van der Waals surface area contributed by atoms with Crippen LogP contribution in [0, 0.1) is 22.7 Å². The second-order valence-corrected chi connectivity index (χ2v) is 4.10. The predicted molar refractivity (Wildman–Crippen MR) is 53.5 cm³/mol. The van der Waals surface area contributed by atoms with Crippen molar-refractivity contribution in [1.29, 1.82) is 10.5 Å². The first-order chi connectivity index (χ1) is 8.13. The molecule has 96 valence electrons. The molecule has 0 aliphatic carbocycles. The van der Waals surface area contributed by atoms with Gasteiger partial charge in [0.25, 0.3) is 0 Å². The zero-order valence-electron chi connectivity index (χ0n) is 8.51. The fraction of sp³-hybridized carbons (Fsp3) is 0.111. The molecule has 0 spiro atoms. The van der Waals surface area contributed by atoms with E-state index in [4.69, 9.17) is 23.5 Å². The third-order valence-electron chi connectivity index (χ3n) is 1.46. The van der Waals surface area contributed by atoms with Gasteiger partial charge >= 0.3 is 15.6 Å². The van der Waals surface area contributed by atoms with Gasteiger partial charge in [-0.25, -0.2) is 0 Å². The Balaban J connectivity index is 0.000000331. The molecule has 0 fully saturated rings. The van der Waals surface area contributed by atoms with Crippen molar-refractivity contribution >= 4 is 10.1 Å². The van der Waals surface area contributed by atoms with Gasteiger partial charge in [-0.1, -0.05) is 12.1 Å². The second-order valence-electron chi connectivity index (χ2n) is 2.69. The largest absolute Gasteiger partial charge is 0.522 e. The van der Waals surface area contributed by atoms with Gasteiger partial charge in [0.2, 0.25) is 0 Å². The number of hydrogen-bond acceptors (Lipinski definition) is 4. The van der Waals surface area contributed by atoms with Crippen LogP contribution in [0.5, 0.6) is 0 Å². The maximum Gasteiger partial charge on any atom is 0.522 e. The van der Waals surface area contributed by atoms with E-state index in [1.165, 1.54) is 0 Å². The Hall–Kier alpha value is -2.10. The molecule has 18 heavy (non-hydrogen) atoms. The van der Waals surface area contributed by atoms with Crippen LogP contribution >= 0.6 is 0 Å². The number of nitriles is 2. The summed E-state index contributed by atoms with van der Waals surface area (Å²) in [6.45, 7) is 0. The van der Waals surface area contributed by atoms with Crippen molar-refractivity contribution in [3.05, 3.63) is 35.4 Å². The van der Waals surface area contributed by atoms with E-state index in [0.717, 1.165) is 0 Å². The van der Waals surface area contributed by atoms with Gasteiger partial charge in [-0.3, -0.25) is 4.55 Å². The summed E-state index contributed by atoms with van der Waals surface area (Å²) >= 11 is 0. The smallest absolute Gasteiger partial charge is 0.279 e. The summed E-state index contributed by atoms with van der Waals surface area (Å²) < 4.78 is 57.5. The maximum atomic E-state index is 10.7. The summed E-state index contributed by atoms with van der Waals surface area (Å²) in [6, 6.07) is 10.6. The van der Waals surface area contributed by atoms with E-state index in [-0.39, 0.29) is 0 Å². The summed E-state index contributed by atoms with van der Waals surface area (Å²) in [5.74, 6) is 0. The van der Waals surface area contributed by atoms with Crippen molar-refractivity contribution in [2.45, 2.75) is 5.51 Å². The standard InChI is InChI=1S/C8H4N2.CHF3O3S/c9-5-7-3-1-2-4-8(7)6-10;2-1(3,4)8(5,6)7/h1-4H;(H,5,6,7). The van der Waals surface area contributed by atoms with Crippen LogP contribution in [0.15, 0.2) is 24.3 Å². The lowest BCUT2D eigenvalue weighted by Gasteiger charge is -1.97. The summed E-state index contributed by atoms with van der Waals surface area (Å²) in [4.78, 5) is 0. The lowest BCUT2D eigenvalue weighted by Crippen LogP contribution is -2.21. The molecule has 0 aromatic heterocycles. The highest BCUT2D eigenvalue weighted by molar-refractivity contribution is 7.86. The van der Waals surface area contributed by atoms with E-state index in [1.807, 2.05) is 12.1 Å². The number of halogens is 3. The van der Waals surface area contributed by atoms with E-state index < -0.39 is 15.6 Å². The quantitative estimate of drug-likeness (QED) is 0.576. The Bertz CT molecular complexity index is 564. The van der Waals surface area contributed by atoms with Gasteiger partial charge in [0.15, 0.2) is 0 Å². The molecular formula is C9H5F3N2O3S. The average molecular weight is 278 g/mol. The van der Waals surface area contributed by atoms with E-state index >= 15 is 0 Å². The molecular weight excluding hydrogens is 273 g/mol. The Kier molecular flexibility index (Phi) is 5.30. The molecule has 1 aromatic carbocycles. The molecule has 0 heterocycles. The zero-order valence-corrected chi connectivity index (χ0v) is 9.33. The molecule has 0 aliphatic rings. The molecule has 0 bridgehead atoms. The van der Waals surface area contributed by atoms with Crippen LogP contribution in [-0.2, 0) is 10.1 Å². The highest BCUT2D eigenvalue weighted by Crippen LogP contribution is 2.20. The van der Waals surface area contributed by atoms with E-state index in [0.29, 0.717) is 11.1 Å². The van der Waals surface area contributed by atoms with Crippen molar-refractivity contribution in [3.8, 4) is 12.1 Å². The van der Waals surface area contributed by atoms with Gasteiger partial charge in [-0.15, -0.1) is 0 Å². The molecule has 0 saturated carbocycles. The number of nitrogens with zero attached hydrogens (tertiary/aromatic N) is 2. The lowest BCUT2D eigenvalue weighted by atomic mass is 10.1. The highest BCUT2D eigenvalue weighted by Gasteiger charge is 2.44. The molecule has 1 N–H and O–H groups in total. The third kappa shape index (κ3) is 4.82. The van der Waals surface area contributed by atoms with Gasteiger partial charge < -0.3 is 0 Å². The van der Waals surface area contributed by atoms with Crippen LogP contribution in [-0.4, -0.2) is 18.5 Å². The van der Waals surface area contributed by atoms with Gasteiger partial charge in [-0.05, 0) is 12.1 Å². The van der Waals surface area contributed by atoms with Crippen LogP contribution < -0.4 is 0 Å². The summed E-state index contributed by atoms with van der Waals surface area (Å²) in [6.07, 6.45) is 0. The number of rotatable bonds is 0. The van der Waals surface area contributed by atoms with Crippen molar-refractivity contribution in [2.24, 2.45) is 0 Å². The van der Waals surface area contributed by atoms with Gasteiger partial charge in [0.05, 0.1) is 11.1 Å². The Morgan fingerprint density at radius 2 is 1.33 bits per heavy atom. The molecule has 1 rings (SSSR count). The SMILES string of the molecule is N#Cc1ccccc1C#N.O=S(=O)(O)C(F)(F)F. The first-order valence-corrected chi connectivity index (χ1v) is 5.50. The summed E-state index contributed by atoms with van der Waals surface area (Å²) in [7, 11) is -5.84. The van der Waals surface area contributed by atoms with Crippen LogP contribution in [0.1, 0.15) is 11.1 Å². The van der Waals surface area contributed by atoms with Crippen LogP contribution in [0.2, 0.25) is 0 Å². The summed E-state index contributed by atoms with van der Waals surface area (Å²) in [5.41, 5.74) is -4.66. The van der Waals surface area contributed by atoms with Crippen LogP contribution in [0.4, 0.5) is 13.2 Å². The Labute approximate surface area is 100 Å². The molecule has 0 atom stereocenters. The van der Waals surface area contributed by atoms with Crippen molar-refractivity contribution in [2.75, 3.05) is 0 Å². The topological polar surface area (TPSA) is 102 Å². The van der Waals surface area contributed by atoms with Crippen LogP contribution in [0.25, 0.3) is 0 Å². The minimum atomic E-state index is -5.84. The fourth-order valence-corrected chi connectivity index (χ4v) is 0.678. The van der Waals surface area contributed by atoms with Gasteiger partial charge in [0.1, 0.15) is 12.1 Å². The fourth-order valence-electron chi connectivity index (χ4n) is 0.678. The van der Waals surface area contributed by atoms with Crippen molar-refractivity contribution in [1.82, 2.24) is 0 Å². The minimum absolute atomic E-state index is 0.435. The van der Waals surface area contributed by atoms with E-state index in [1.54, 1.807) is 24.3 Å². The highest BCUT2D eigenvalue weighted by atomic mass is 32.2. The first kappa shape index (κ1) is 15.9. The maximum absolute atomic E-state index is 10.7. The van der Waals surface area contributed by atoms with Crippen molar-refractivity contribution in [3.63, 3.8) is 0 Å². The Morgan fingerprint density at radius 1 is 1.06 bits per heavy atom. The second kappa shape index (κ2) is 6.00. The number of benzene rings is 1. The first-order valence-electron chi connectivity index (χ1n) is 4.06. The van der Waals surface area contributed by atoms with Gasteiger partial charge in [0, 0.05) is 0 Å².